The highest BCUT2D eigenvalue weighted by molar-refractivity contribution is 5.85. The SMILES string of the molecule is CCC[C@@](C)(O)[C@@H]1CC23CCC1(OC)[C@H]1Oc4c(O)ccc5c4[C@@]12CCN(C)[C@@H]3C5.Cl. The highest BCUT2D eigenvalue weighted by Crippen LogP contribution is 2.77. The maximum absolute atomic E-state index is 11.7. The summed E-state index contributed by atoms with van der Waals surface area (Å²) in [6.07, 6.45) is 6.57. The summed E-state index contributed by atoms with van der Waals surface area (Å²) < 4.78 is 13.2. The molecule has 0 aromatic heterocycles. The highest BCUT2D eigenvalue weighted by atomic mass is 35.5. The number of likely N-dealkylation sites (tertiary alicyclic amines) is 1. The van der Waals surface area contributed by atoms with Gasteiger partial charge in [-0.1, -0.05) is 19.4 Å². The zero-order valence-electron chi connectivity index (χ0n) is 19.1. The number of aliphatic hydroxyl groups is 1. The number of hydrogen-bond donors (Lipinski definition) is 2. The summed E-state index contributed by atoms with van der Waals surface area (Å²) >= 11 is 0. The van der Waals surface area contributed by atoms with E-state index in [1.54, 1.807) is 0 Å². The molecule has 1 aromatic carbocycles. The molecule has 3 saturated carbocycles. The van der Waals surface area contributed by atoms with Crippen molar-refractivity contribution in [2.45, 2.75) is 87.6 Å². The van der Waals surface area contributed by atoms with Crippen LogP contribution in [0.3, 0.4) is 0 Å². The highest BCUT2D eigenvalue weighted by Gasteiger charge is 2.81. The van der Waals surface area contributed by atoms with Gasteiger partial charge in [0.2, 0.25) is 0 Å². The molecule has 2 heterocycles. The summed E-state index contributed by atoms with van der Waals surface area (Å²) in [5, 5.41) is 22.5. The number of ether oxygens (including phenoxy) is 2. The van der Waals surface area contributed by atoms with Gasteiger partial charge in [0.15, 0.2) is 11.5 Å². The van der Waals surface area contributed by atoms with Crippen LogP contribution in [0.2, 0.25) is 0 Å². The average molecular weight is 450 g/mol. The minimum Gasteiger partial charge on any atom is -0.504 e. The van der Waals surface area contributed by atoms with E-state index in [-0.39, 0.29) is 41.0 Å². The number of nitrogens with zero attached hydrogens (tertiary/aromatic N) is 1. The van der Waals surface area contributed by atoms with Crippen molar-refractivity contribution in [3.8, 4) is 11.5 Å². The van der Waals surface area contributed by atoms with Crippen molar-refractivity contribution < 1.29 is 19.7 Å². The molecule has 1 saturated heterocycles. The maximum Gasteiger partial charge on any atom is 0.165 e. The average Bonchev–Trinajstić information content (AvgIpc) is 3.09. The van der Waals surface area contributed by atoms with Gasteiger partial charge in [0.25, 0.3) is 0 Å². The second kappa shape index (κ2) is 6.53. The van der Waals surface area contributed by atoms with Crippen LogP contribution >= 0.6 is 12.4 Å². The Bertz CT molecular complexity index is 921. The molecule has 2 N–H and O–H groups in total. The van der Waals surface area contributed by atoms with Crippen LogP contribution in [0.25, 0.3) is 0 Å². The zero-order chi connectivity index (χ0) is 21.1. The predicted molar refractivity (Wildman–Crippen MR) is 121 cm³/mol. The van der Waals surface area contributed by atoms with Crippen molar-refractivity contribution in [1.82, 2.24) is 4.90 Å². The predicted octanol–water partition coefficient (Wildman–Crippen LogP) is 3.81. The molecule has 2 aliphatic heterocycles. The number of likely N-dealkylation sites (N-methyl/N-ethyl adjacent to an activating group) is 1. The summed E-state index contributed by atoms with van der Waals surface area (Å²) in [5.74, 6) is 0.977. The summed E-state index contributed by atoms with van der Waals surface area (Å²) in [5.41, 5.74) is 1.21. The lowest BCUT2D eigenvalue weighted by Crippen LogP contribution is -2.82. The van der Waals surface area contributed by atoms with Gasteiger partial charge in [-0.05, 0) is 70.7 Å². The third-order valence-corrected chi connectivity index (χ3v) is 10.1. The van der Waals surface area contributed by atoms with E-state index in [4.69, 9.17) is 9.47 Å². The van der Waals surface area contributed by atoms with Crippen LogP contribution in [0.1, 0.15) is 63.5 Å². The number of hydrogen-bond acceptors (Lipinski definition) is 5. The smallest absolute Gasteiger partial charge is 0.165 e. The first-order valence-corrected chi connectivity index (χ1v) is 11.8. The Hall–Kier alpha value is -1.01. The Morgan fingerprint density at radius 3 is 2.77 bits per heavy atom. The van der Waals surface area contributed by atoms with E-state index in [0.29, 0.717) is 11.8 Å². The second-order valence-corrected chi connectivity index (χ2v) is 11.0. The molecule has 0 amide bonds. The number of halogens is 1. The van der Waals surface area contributed by atoms with Gasteiger partial charge in [0, 0.05) is 35.5 Å². The van der Waals surface area contributed by atoms with Crippen molar-refractivity contribution in [1.29, 1.82) is 0 Å². The number of phenolic OH excluding ortho intramolecular Hbond substituents is 1. The van der Waals surface area contributed by atoms with Gasteiger partial charge in [-0.2, -0.15) is 0 Å². The molecule has 4 aliphatic carbocycles. The molecular weight excluding hydrogens is 414 g/mol. The maximum atomic E-state index is 11.7. The number of rotatable bonds is 4. The van der Waals surface area contributed by atoms with E-state index in [1.807, 2.05) is 20.1 Å². The zero-order valence-corrected chi connectivity index (χ0v) is 19.9. The number of fused-ring (bicyclic) bond motifs is 2. The monoisotopic (exact) mass is 449 g/mol. The van der Waals surface area contributed by atoms with Gasteiger partial charge in [-0.25, -0.2) is 0 Å². The van der Waals surface area contributed by atoms with Crippen molar-refractivity contribution in [3.63, 3.8) is 0 Å². The third-order valence-electron chi connectivity index (χ3n) is 10.1. The molecule has 6 aliphatic rings. The van der Waals surface area contributed by atoms with Gasteiger partial charge < -0.3 is 24.6 Å². The lowest BCUT2D eigenvalue weighted by atomic mass is 9.33. The van der Waals surface area contributed by atoms with E-state index in [0.717, 1.165) is 51.5 Å². The fraction of sp³-hybridized carbons (Fsp3) is 0.760. The molecular formula is C25H36ClNO4. The summed E-state index contributed by atoms with van der Waals surface area (Å²) in [4.78, 5) is 2.56. The number of aromatic hydroxyl groups is 1. The quantitative estimate of drug-likeness (QED) is 0.731. The number of piperidine rings is 1. The first kappa shape index (κ1) is 21.8. The summed E-state index contributed by atoms with van der Waals surface area (Å²) in [7, 11) is 4.09. The van der Waals surface area contributed by atoms with E-state index in [2.05, 4.69) is 24.9 Å². The van der Waals surface area contributed by atoms with Crippen LogP contribution in [-0.2, 0) is 16.6 Å². The Kier molecular flexibility index (Phi) is 4.59. The normalized spacial score (nSPS) is 43.6. The number of benzene rings is 1. The first-order valence-electron chi connectivity index (χ1n) is 11.8. The molecule has 4 fully saturated rings. The van der Waals surface area contributed by atoms with Crippen molar-refractivity contribution in [2.75, 3.05) is 20.7 Å². The van der Waals surface area contributed by atoms with Crippen LogP contribution in [0, 0.1) is 11.3 Å². The van der Waals surface area contributed by atoms with Crippen LogP contribution in [0.5, 0.6) is 11.5 Å². The van der Waals surface area contributed by atoms with Crippen LogP contribution in [0.15, 0.2) is 12.1 Å². The molecule has 2 spiro atoms. The standard InChI is InChI=1S/C25H35NO4.ClH/c1-5-8-22(2,28)17-14-23-9-10-25(17,29-4)21-24(23)11-12-26(3)18(23)13-15-6-7-16(27)20(30-21)19(15)24;/h6-7,17-18,21,27-28H,5,8-14H2,1-4H3;1H/t17-,18+,21-,22+,23?,24-,25?;/m0./s1. The summed E-state index contributed by atoms with van der Waals surface area (Å²) in [6.45, 7) is 5.19. The van der Waals surface area contributed by atoms with Crippen LogP contribution in [0.4, 0.5) is 0 Å². The number of phenols is 1. The number of methoxy groups -OCH3 is 1. The molecule has 31 heavy (non-hydrogen) atoms. The Morgan fingerprint density at radius 2 is 2.06 bits per heavy atom. The Balaban J connectivity index is 0.00000204. The molecule has 4 bridgehead atoms. The Labute approximate surface area is 191 Å². The fourth-order valence-corrected chi connectivity index (χ4v) is 9.09. The van der Waals surface area contributed by atoms with Gasteiger partial charge in [-0.15, -0.1) is 12.4 Å². The molecule has 6 heteroatoms. The molecule has 7 atom stereocenters. The largest absolute Gasteiger partial charge is 0.504 e. The topological polar surface area (TPSA) is 62.2 Å². The third kappa shape index (κ3) is 2.20. The van der Waals surface area contributed by atoms with E-state index < -0.39 is 11.2 Å². The van der Waals surface area contributed by atoms with Crippen molar-refractivity contribution in [3.05, 3.63) is 23.3 Å². The van der Waals surface area contributed by atoms with Crippen molar-refractivity contribution >= 4 is 12.4 Å². The van der Waals surface area contributed by atoms with Crippen LogP contribution in [-0.4, -0.2) is 59.2 Å². The van der Waals surface area contributed by atoms with Gasteiger partial charge >= 0.3 is 0 Å². The second-order valence-electron chi connectivity index (χ2n) is 11.0. The van der Waals surface area contributed by atoms with Gasteiger partial charge in [0.1, 0.15) is 11.7 Å². The fourth-order valence-electron chi connectivity index (χ4n) is 9.09. The van der Waals surface area contributed by atoms with Gasteiger partial charge in [-0.3, -0.25) is 0 Å². The summed E-state index contributed by atoms with van der Waals surface area (Å²) in [6, 6.07) is 4.37. The Morgan fingerprint density at radius 1 is 1.29 bits per heavy atom. The minimum absolute atomic E-state index is 0. The lowest BCUT2D eigenvalue weighted by Gasteiger charge is -2.74. The molecule has 1 aromatic rings. The van der Waals surface area contributed by atoms with Crippen molar-refractivity contribution in [2.24, 2.45) is 11.3 Å². The van der Waals surface area contributed by atoms with E-state index in [1.165, 1.54) is 11.1 Å². The van der Waals surface area contributed by atoms with E-state index >= 15 is 0 Å². The molecule has 7 rings (SSSR count). The molecule has 0 radical (unpaired) electrons. The minimum atomic E-state index is -0.798. The molecule has 2 unspecified atom stereocenters. The first-order chi connectivity index (χ1) is 14.3. The lowest BCUT2D eigenvalue weighted by molar-refractivity contribution is -0.301. The molecule has 172 valence electrons. The van der Waals surface area contributed by atoms with Crippen LogP contribution < -0.4 is 4.74 Å². The van der Waals surface area contributed by atoms with Gasteiger partial charge in [0.05, 0.1) is 5.60 Å². The van der Waals surface area contributed by atoms with E-state index in [9.17, 15) is 10.2 Å². The molecule has 5 nitrogen and oxygen atoms in total.